The molecule has 1 fully saturated rings. The van der Waals surface area contributed by atoms with Gasteiger partial charge in [-0.2, -0.15) is 0 Å². The summed E-state index contributed by atoms with van der Waals surface area (Å²) < 4.78 is 5.61. The van der Waals surface area contributed by atoms with Crippen molar-refractivity contribution in [2.24, 2.45) is 0 Å². The molecule has 1 N–H and O–H groups in total. The van der Waals surface area contributed by atoms with E-state index in [1.54, 1.807) is 0 Å². The molecule has 1 aliphatic rings. The van der Waals surface area contributed by atoms with E-state index in [4.69, 9.17) is 9.84 Å². The molecule has 1 heterocycles. The van der Waals surface area contributed by atoms with Crippen LogP contribution in [0.2, 0.25) is 0 Å². The van der Waals surface area contributed by atoms with Crippen LogP contribution < -0.4 is 0 Å². The van der Waals surface area contributed by atoms with Gasteiger partial charge in [-0.05, 0) is 26.2 Å². The number of aliphatic carboxylic acids is 1. The Morgan fingerprint density at radius 3 is 2.92 bits per heavy atom. The standard InChI is InChI=1S/C10H16O3/c1-3-9-5-8(6-10(11)12)4-7(2)13-9/h6-7,9H,3-5H2,1-2H3,(H,11,12)/b8-6+/t7-,9+/m0/s1. The Hall–Kier alpha value is -0.830. The quantitative estimate of drug-likeness (QED) is 0.667. The molecule has 2 atom stereocenters. The van der Waals surface area contributed by atoms with Gasteiger partial charge < -0.3 is 9.84 Å². The molecule has 74 valence electrons. The van der Waals surface area contributed by atoms with E-state index < -0.39 is 5.97 Å². The molecule has 0 aromatic heterocycles. The summed E-state index contributed by atoms with van der Waals surface area (Å²) in [5, 5.41) is 8.59. The van der Waals surface area contributed by atoms with E-state index in [1.807, 2.05) is 6.92 Å². The lowest BCUT2D eigenvalue weighted by Gasteiger charge is -2.28. The van der Waals surface area contributed by atoms with Crippen molar-refractivity contribution in [3.05, 3.63) is 11.6 Å². The summed E-state index contributed by atoms with van der Waals surface area (Å²) in [6.07, 6.45) is 4.15. The van der Waals surface area contributed by atoms with E-state index in [2.05, 4.69) is 6.92 Å². The van der Waals surface area contributed by atoms with Crippen LogP contribution in [-0.2, 0) is 9.53 Å². The third-order valence-corrected chi connectivity index (χ3v) is 2.25. The number of rotatable bonds is 2. The number of hydrogen-bond acceptors (Lipinski definition) is 2. The van der Waals surface area contributed by atoms with Gasteiger partial charge in [0.1, 0.15) is 0 Å². The Morgan fingerprint density at radius 2 is 2.38 bits per heavy atom. The zero-order valence-electron chi connectivity index (χ0n) is 8.12. The lowest BCUT2D eigenvalue weighted by molar-refractivity contribution is -0.131. The Morgan fingerprint density at radius 1 is 1.69 bits per heavy atom. The highest BCUT2D eigenvalue weighted by Crippen LogP contribution is 2.25. The molecule has 1 rings (SSSR count). The molecule has 0 spiro atoms. The van der Waals surface area contributed by atoms with Crippen molar-refractivity contribution >= 4 is 5.97 Å². The van der Waals surface area contributed by atoms with Crippen LogP contribution in [0.3, 0.4) is 0 Å². The van der Waals surface area contributed by atoms with Gasteiger partial charge in [-0.3, -0.25) is 0 Å². The summed E-state index contributed by atoms with van der Waals surface area (Å²) >= 11 is 0. The Bertz CT molecular complexity index is 220. The van der Waals surface area contributed by atoms with Crippen molar-refractivity contribution < 1.29 is 14.6 Å². The molecule has 0 amide bonds. The highest BCUT2D eigenvalue weighted by Gasteiger charge is 2.21. The van der Waals surface area contributed by atoms with Crippen molar-refractivity contribution in [3.8, 4) is 0 Å². The van der Waals surface area contributed by atoms with E-state index in [1.165, 1.54) is 6.08 Å². The summed E-state index contributed by atoms with van der Waals surface area (Å²) in [5.41, 5.74) is 0.998. The average molecular weight is 184 g/mol. The predicted octanol–water partition coefficient (Wildman–Crippen LogP) is 1.97. The van der Waals surface area contributed by atoms with Crippen LogP contribution in [0.5, 0.6) is 0 Å². The molecule has 13 heavy (non-hydrogen) atoms. The molecule has 3 nitrogen and oxygen atoms in total. The van der Waals surface area contributed by atoms with Crippen molar-refractivity contribution in [1.82, 2.24) is 0 Å². The second kappa shape index (κ2) is 4.42. The number of carboxylic acids is 1. The van der Waals surface area contributed by atoms with E-state index in [-0.39, 0.29) is 12.2 Å². The monoisotopic (exact) mass is 184 g/mol. The smallest absolute Gasteiger partial charge is 0.328 e. The van der Waals surface area contributed by atoms with Crippen LogP contribution in [0.4, 0.5) is 0 Å². The first-order chi connectivity index (χ1) is 6.11. The fraction of sp³-hybridized carbons (Fsp3) is 0.700. The Balaban J connectivity index is 2.61. The highest BCUT2D eigenvalue weighted by atomic mass is 16.5. The van der Waals surface area contributed by atoms with Gasteiger partial charge in [0.05, 0.1) is 12.2 Å². The Kier molecular flexibility index (Phi) is 3.48. The molecule has 0 aromatic carbocycles. The molecule has 1 aliphatic heterocycles. The number of carboxylic acid groups (broad SMARTS) is 1. The molecule has 0 radical (unpaired) electrons. The van der Waals surface area contributed by atoms with Crippen LogP contribution in [0.15, 0.2) is 11.6 Å². The maximum Gasteiger partial charge on any atom is 0.328 e. The topological polar surface area (TPSA) is 46.5 Å². The third-order valence-electron chi connectivity index (χ3n) is 2.25. The van der Waals surface area contributed by atoms with Gasteiger partial charge in [-0.15, -0.1) is 0 Å². The number of carbonyl (C=O) groups is 1. The summed E-state index contributed by atoms with van der Waals surface area (Å²) in [4.78, 5) is 10.5. The second-order valence-electron chi connectivity index (χ2n) is 3.53. The minimum Gasteiger partial charge on any atom is -0.478 e. The van der Waals surface area contributed by atoms with Gasteiger partial charge in [0.25, 0.3) is 0 Å². The van der Waals surface area contributed by atoms with Crippen molar-refractivity contribution in [2.75, 3.05) is 0 Å². The van der Waals surface area contributed by atoms with Gasteiger partial charge in [0.2, 0.25) is 0 Å². The summed E-state index contributed by atoms with van der Waals surface area (Å²) in [5.74, 6) is -0.848. The molecule has 0 unspecified atom stereocenters. The van der Waals surface area contributed by atoms with E-state index in [0.29, 0.717) is 0 Å². The summed E-state index contributed by atoms with van der Waals surface area (Å²) in [6.45, 7) is 4.04. The largest absolute Gasteiger partial charge is 0.478 e. The van der Waals surface area contributed by atoms with E-state index >= 15 is 0 Å². The van der Waals surface area contributed by atoms with Crippen LogP contribution in [0, 0.1) is 0 Å². The lowest BCUT2D eigenvalue weighted by atomic mass is 9.97. The number of ether oxygens (including phenoxy) is 1. The maximum absolute atomic E-state index is 10.5. The molecule has 0 aromatic rings. The number of hydrogen-bond donors (Lipinski definition) is 1. The molecule has 3 heteroatoms. The molecule has 0 aliphatic carbocycles. The fourth-order valence-corrected chi connectivity index (χ4v) is 1.70. The molecule has 0 saturated carbocycles. The van der Waals surface area contributed by atoms with Crippen LogP contribution in [-0.4, -0.2) is 23.3 Å². The molecular weight excluding hydrogens is 168 g/mol. The van der Waals surface area contributed by atoms with Gasteiger partial charge in [0.15, 0.2) is 0 Å². The summed E-state index contributed by atoms with van der Waals surface area (Å²) in [6, 6.07) is 0. The zero-order valence-corrected chi connectivity index (χ0v) is 8.12. The van der Waals surface area contributed by atoms with Gasteiger partial charge >= 0.3 is 5.97 Å². The van der Waals surface area contributed by atoms with Crippen LogP contribution >= 0.6 is 0 Å². The predicted molar refractivity (Wildman–Crippen MR) is 49.6 cm³/mol. The van der Waals surface area contributed by atoms with Crippen molar-refractivity contribution in [2.45, 2.75) is 45.3 Å². The first-order valence-electron chi connectivity index (χ1n) is 4.69. The normalized spacial score (nSPS) is 32.0. The van der Waals surface area contributed by atoms with Gasteiger partial charge in [-0.25, -0.2) is 4.79 Å². The van der Waals surface area contributed by atoms with Gasteiger partial charge in [0, 0.05) is 6.08 Å². The first-order valence-corrected chi connectivity index (χ1v) is 4.69. The van der Waals surface area contributed by atoms with Crippen LogP contribution in [0.1, 0.15) is 33.1 Å². The maximum atomic E-state index is 10.5. The summed E-state index contributed by atoms with van der Waals surface area (Å²) in [7, 11) is 0. The van der Waals surface area contributed by atoms with Crippen molar-refractivity contribution in [3.63, 3.8) is 0 Å². The second-order valence-corrected chi connectivity index (χ2v) is 3.53. The first kappa shape index (κ1) is 10.3. The lowest BCUT2D eigenvalue weighted by Crippen LogP contribution is -2.26. The molecular formula is C10H16O3. The van der Waals surface area contributed by atoms with Crippen molar-refractivity contribution in [1.29, 1.82) is 0 Å². The Labute approximate surface area is 78.4 Å². The highest BCUT2D eigenvalue weighted by molar-refractivity contribution is 5.80. The minimum atomic E-state index is -0.848. The van der Waals surface area contributed by atoms with E-state index in [0.717, 1.165) is 24.8 Å². The minimum absolute atomic E-state index is 0.157. The molecule has 1 saturated heterocycles. The van der Waals surface area contributed by atoms with E-state index in [9.17, 15) is 4.79 Å². The fourth-order valence-electron chi connectivity index (χ4n) is 1.70. The van der Waals surface area contributed by atoms with Gasteiger partial charge in [-0.1, -0.05) is 12.5 Å². The molecule has 0 bridgehead atoms. The zero-order chi connectivity index (χ0) is 9.84. The SMILES string of the molecule is CC[C@@H]1C/C(=C/C(=O)O)C[C@H](C)O1. The van der Waals surface area contributed by atoms with Crippen LogP contribution in [0.25, 0.3) is 0 Å². The average Bonchev–Trinajstić information content (AvgIpc) is 2.01. The third kappa shape index (κ3) is 3.19.